The van der Waals surface area contributed by atoms with Gasteiger partial charge in [-0.2, -0.15) is 0 Å². The number of nitrogens with two attached hydrogens (primary N) is 1. The molecule has 0 radical (unpaired) electrons. The number of nitrogens with zero attached hydrogens (tertiary/aromatic N) is 2. The first kappa shape index (κ1) is 12.8. The van der Waals surface area contributed by atoms with E-state index >= 15 is 0 Å². The van der Waals surface area contributed by atoms with Crippen molar-refractivity contribution in [2.45, 2.75) is 32.7 Å². The number of hydrazine groups is 1. The molecule has 1 unspecified atom stereocenters. The molecule has 1 aromatic rings. The lowest BCUT2D eigenvalue weighted by atomic mass is 10.1. The summed E-state index contributed by atoms with van der Waals surface area (Å²) < 4.78 is 0. The fourth-order valence-corrected chi connectivity index (χ4v) is 2.15. The second kappa shape index (κ2) is 4.94. The molecule has 1 aliphatic carbocycles. The maximum absolute atomic E-state index is 12.4. The lowest BCUT2D eigenvalue weighted by molar-refractivity contribution is 0.0727. The van der Waals surface area contributed by atoms with Crippen molar-refractivity contribution in [3.05, 3.63) is 23.4 Å². The number of hydrogen-bond donors (Lipinski definition) is 2. The summed E-state index contributed by atoms with van der Waals surface area (Å²) in [5, 5.41) is 0. The molecule has 0 saturated heterocycles. The highest BCUT2D eigenvalue weighted by molar-refractivity contribution is 5.95. The van der Waals surface area contributed by atoms with E-state index in [0.29, 0.717) is 23.3 Å². The van der Waals surface area contributed by atoms with Gasteiger partial charge in [0.2, 0.25) is 0 Å². The van der Waals surface area contributed by atoms with E-state index in [0.717, 1.165) is 5.69 Å². The Hall–Kier alpha value is -1.62. The third kappa shape index (κ3) is 2.61. The number of aromatic nitrogens is 1. The molecule has 1 fully saturated rings. The van der Waals surface area contributed by atoms with Gasteiger partial charge in [0.25, 0.3) is 5.91 Å². The van der Waals surface area contributed by atoms with Crippen LogP contribution in [-0.2, 0) is 0 Å². The SMILES string of the molecule is Cc1cc(C(=O)N(C)C(C)C2CC2)cc(NN)n1. The average molecular weight is 248 g/mol. The maximum atomic E-state index is 12.4. The molecule has 98 valence electrons. The summed E-state index contributed by atoms with van der Waals surface area (Å²) in [6, 6.07) is 3.77. The van der Waals surface area contributed by atoms with E-state index in [1.807, 2.05) is 18.9 Å². The van der Waals surface area contributed by atoms with E-state index < -0.39 is 0 Å². The standard InChI is InChI=1S/C13H20N4O/c1-8-6-11(7-12(15-8)16-14)13(18)17(3)9(2)10-4-5-10/h6-7,9-10H,4-5,14H2,1-3H3,(H,15,16). The zero-order valence-electron chi connectivity index (χ0n) is 11.1. The predicted molar refractivity (Wildman–Crippen MR) is 71.1 cm³/mol. The van der Waals surface area contributed by atoms with Crippen molar-refractivity contribution in [1.82, 2.24) is 9.88 Å². The number of carbonyl (C=O) groups excluding carboxylic acids is 1. The molecule has 18 heavy (non-hydrogen) atoms. The molecule has 5 heteroatoms. The van der Waals surface area contributed by atoms with Gasteiger partial charge in [0.15, 0.2) is 0 Å². The largest absolute Gasteiger partial charge is 0.339 e. The van der Waals surface area contributed by atoms with Crippen molar-refractivity contribution in [3.63, 3.8) is 0 Å². The Morgan fingerprint density at radius 2 is 2.22 bits per heavy atom. The van der Waals surface area contributed by atoms with Crippen LogP contribution in [0.5, 0.6) is 0 Å². The summed E-state index contributed by atoms with van der Waals surface area (Å²) in [6.07, 6.45) is 2.45. The molecule has 5 nitrogen and oxygen atoms in total. The molecular weight excluding hydrogens is 228 g/mol. The molecule has 1 aliphatic rings. The Balaban J connectivity index is 2.19. The van der Waals surface area contributed by atoms with E-state index in [-0.39, 0.29) is 5.91 Å². The summed E-state index contributed by atoms with van der Waals surface area (Å²) in [7, 11) is 1.86. The summed E-state index contributed by atoms with van der Waals surface area (Å²) >= 11 is 0. The van der Waals surface area contributed by atoms with Gasteiger partial charge < -0.3 is 10.3 Å². The Kier molecular flexibility index (Phi) is 3.52. The third-order valence-corrected chi connectivity index (χ3v) is 3.58. The van der Waals surface area contributed by atoms with Crippen molar-refractivity contribution < 1.29 is 4.79 Å². The normalized spacial score (nSPS) is 16.2. The smallest absolute Gasteiger partial charge is 0.254 e. The third-order valence-electron chi connectivity index (χ3n) is 3.58. The highest BCUT2D eigenvalue weighted by Crippen LogP contribution is 2.35. The van der Waals surface area contributed by atoms with Gasteiger partial charge in [0.1, 0.15) is 5.82 Å². The first-order valence-corrected chi connectivity index (χ1v) is 6.25. The van der Waals surface area contributed by atoms with Crippen molar-refractivity contribution >= 4 is 11.7 Å². The topological polar surface area (TPSA) is 71.2 Å². The molecule has 1 atom stereocenters. The molecule has 2 rings (SSSR count). The van der Waals surface area contributed by atoms with Crippen molar-refractivity contribution in [3.8, 4) is 0 Å². The first-order chi connectivity index (χ1) is 8.52. The molecule has 0 bridgehead atoms. The number of rotatable bonds is 4. The summed E-state index contributed by atoms with van der Waals surface area (Å²) in [4.78, 5) is 18.4. The Morgan fingerprint density at radius 3 is 2.78 bits per heavy atom. The Bertz CT molecular complexity index is 456. The van der Waals surface area contributed by atoms with Crippen LogP contribution in [0.4, 0.5) is 5.82 Å². The van der Waals surface area contributed by atoms with Crippen molar-refractivity contribution in [1.29, 1.82) is 0 Å². The summed E-state index contributed by atoms with van der Waals surface area (Å²) in [6.45, 7) is 3.95. The molecule has 1 heterocycles. The van der Waals surface area contributed by atoms with E-state index in [1.165, 1.54) is 12.8 Å². The maximum Gasteiger partial charge on any atom is 0.254 e. The van der Waals surface area contributed by atoms with Gasteiger partial charge in [-0.3, -0.25) is 4.79 Å². The van der Waals surface area contributed by atoms with Crippen LogP contribution in [0, 0.1) is 12.8 Å². The molecule has 0 aliphatic heterocycles. The molecule has 0 spiro atoms. The van der Waals surface area contributed by atoms with Crippen LogP contribution in [0.15, 0.2) is 12.1 Å². The van der Waals surface area contributed by atoms with E-state index in [9.17, 15) is 4.79 Å². The minimum atomic E-state index is 0.0244. The quantitative estimate of drug-likeness (QED) is 0.626. The van der Waals surface area contributed by atoms with Crippen molar-refractivity contribution in [2.75, 3.05) is 12.5 Å². The second-order valence-corrected chi connectivity index (χ2v) is 5.02. The highest BCUT2D eigenvalue weighted by atomic mass is 16.2. The van der Waals surface area contributed by atoms with Crippen LogP contribution in [0.25, 0.3) is 0 Å². The number of nitrogen functional groups attached to an aromatic ring is 1. The molecular formula is C13H20N4O. The summed E-state index contributed by atoms with van der Waals surface area (Å²) in [5.41, 5.74) is 3.89. The van der Waals surface area contributed by atoms with Crippen LogP contribution in [0.2, 0.25) is 0 Å². The first-order valence-electron chi connectivity index (χ1n) is 6.25. The van der Waals surface area contributed by atoms with Crippen LogP contribution >= 0.6 is 0 Å². The van der Waals surface area contributed by atoms with Crippen LogP contribution < -0.4 is 11.3 Å². The van der Waals surface area contributed by atoms with Gasteiger partial charge in [0.05, 0.1) is 0 Å². The fraction of sp³-hybridized carbons (Fsp3) is 0.538. The van der Waals surface area contributed by atoms with Crippen LogP contribution in [-0.4, -0.2) is 28.9 Å². The molecule has 1 saturated carbocycles. The van der Waals surface area contributed by atoms with Gasteiger partial charge in [-0.1, -0.05) is 0 Å². The summed E-state index contributed by atoms with van der Waals surface area (Å²) in [5.74, 6) is 6.55. The zero-order valence-corrected chi connectivity index (χ0v) is 11.1. The van der Waals surface area contributed by atoms with Gasteiger partial charge in [0, 0.05) is 24.3 Å². The minimum Gasteiger partial charge on any atom is -0.339 e. The number of amides is 1. The lowest BCUT2D eigenvalue weighted by Gasteiger charge is -2.25. The Labute approximate surface area is 107 Å². The predicted octanol–water partition coefficient (Wildman–Crippen LogP) is 1.55. The number of hydrogen-bond acceptors (Lipinski definition) is 4. The van der Waals surface area contributed by atoms with Gasteiger partial charge in [-0.05, 0) is 44.7 Å². The number of anilines is 1. The monoisotopic (exact) mass is 248 g/mol. The number of aryl methyl sites for hydroxylation is 1. The minimum absolute atomic E-state index is 0.0244. The number of pyridine rings is 1. The van der Waals surface area contributed by atoms with Gasteiger partial charge in [-0.15, -0.1) is 0 Å². The average Bonchev–Trinajstić information content (AvgIpc) is 3.19. The van der Waals surface area contributed by atoms with E-state index in [4.69, 9.17) is 5.84 Å². The Morgan fingerprint density at radius 1 is 1.56 bits per heavy atom. The fourth-order valence-electron chi connectivity index (χ4n) is 2.15. The molecule has 3 N–H and O–H groups in total. The second-order valence-electron chi connectivity index (χ2n) is 5.02. The van der Waals surface area contributed by atoms with E-state index in [1.54, 1.807) is 12.1 Å². The molecule has 1 aromatic heterocycles. The highest BCUT2D eigenvalue weighted by Gasteiger charge is 2.32. The van der Waals surface area contributed by atoms with E-state index in [2.05, 4.69) is 17.3 Å². The lowest BCUT2D eigenvalue weighted by Crippen LogP contribution is -2.36. The number of carbonyl (C=O) groups is 1. The van der Waals surface area contributed by atoms with Gasteiger partial charge in [-0.25, -0.2) is 10.8 Å². The molecule has 0 aromatic carbocycles. The van der Waals surface area contributed by atoms with Crippen LogP contribution in [0.3, 0.4) is 0 Å². The zero-order chi connectivity index (χ0) is 13.3. The van der Waals surface area contributed by atoms with Crippen LogP contribution in [0.1, 0.15) is 35.8 Å². The van der Waals surface area contributed by atoms with Crippen molar-refractivity contribution in [2.24, 2.45) is 11.8 Å². The number of nitrogens with one attached hydrogen (secondary N) is 1. The molecule has 1 amide bonds. The van der Waals surface area contributed by atoms with Gasteiger partial charge >= 0.3 is 0 Å².